The van der Waals surface area contributed by atoms with Crippen LogP contribution in [0, 0.1) is 0 Å². The highest BCUT2D eigenvalue weighted by Gasteiger charge is 1.92. The van der Waals surface area contributed by atoms with E-state index in [-0.39, 0.29) is 0 Å². The van der Waals surface area contributed by atoms with Crippen LogP contribution in [0.1, 0.15) is 0 Å². The highest BCUT2D eigenvalue weighted by molar-refractivity contribution is 7.80. The van der Waals surface area contributed by atoms with Crippen LogP contribution < -0.4 is 16.2 Å². The Bertz CT molecular complexity index is 287. The highest BCUT2D eigenvalue weighted by Crippen LogP contribution is 2.07. The van der Waals surface area contributed by atoms with Gasteiger partial charge >= 0.3 is 0 Å². The molecular formula is C7H9ClN4S. The predicted molar refractivity (Wildman–Crippen MR) is 57.7 cm³/mol. The number of hydrogen-bond donors (Lipinski definition) is 3. The molecule has 1 aromatic heterocycles. The Morgan fingerprint density at radius 1 is 1.54 bits per heavy atom. The molecule has 0 saturated carbocycles. The number of anilines is 1. The molecule has 1 aromatic rings. The van der Waals surface area contributed by atoms with E-state index in [1.807, 2.05) is 0 Å². The fourth-order valence-corrected chi connectivity index (χ4v) is 0.804. The maximum atomic E-state index is 5.60. The molecule has 1 heterocycles. The molecule has 70 valence electrons. The molecule has 6 heteroatoms. The van der Waals surface area contributed by atoms with Crippen molar-refractivity contribution in [1.82, 2.24) is 15.7 Å². The van der Waals surface area contributed by atoms with Gasteiger partial charge in [0.25, 0.3) is 0 Å². The van der Waals surface area contributed by atoms with E-state index in [0.29, 0.717) is 10.3 Å². The van der Waals surface area contributed by atoms with Gasteiger partial charge < -0.3 is 5.32 Å². The van der Waals surface area contributed by atoms with E-state index >= 15 is 0 Å². The van der Waals surface area contributed by atoms with Crippen molar-refractivity contribution in [2.45, 2.75) is 0 Å². The zero-order chi connectivity index (χ0) is 9.68. The quantitative estimate of drug-likeness (QED) is 0.394. The number of pyridine rings is 1. The first-order valence-electron chi connectivity index (χ1n) is 3.57. The first-order valence-corrected chi connectivity index (χ1v) is 4.36. The van der Waals surface area contributed by atoms with E-state index in [1.54, 1.807) is 25.4 Å². The van der Waals surface area contributed by atoms with Gasteiger partial charge in [0, 0.05) is 7.05 Å². The lowest BCUT2D eigenvalue weighted by Gasteiger charge is -2.08. The van der Waals surface area contributed by atoms with Gasteiger partial charge in [-0.05, 0) is 24.4 Å². The fraction of sp³-hybridized carbons (Fsp3) is 0.143. The molecule has 0 amide bonds. The lowest BCUT2D eigenvalue weighted by molar-refractivity contribution is 1.04. The Kier molecular flexibility index (Phi) is 3.72. The molecule has 0 unspecified atom stereocenters. The molecule has 4 nitrogen and oxygen atoms in total. The third kappa shape index (κ3) is 3.43. The Hall–Kier alpha value is -1.07. The molecule has 3 N–H and O–H groups in total. The van der Waals surface area contributed by atoms with Crippen molar-refractivity contribution < 1.29 is 0 Å². The minimum Gasteiger partial charge on any atom is -0.364 e. The van der Waals surface area contributed by atoms with E-state index in [9.17, 15) is 0 Å². The molecular weight excluding hydrogens is 208 g/mol. The van der Waals surface area contributed by atoms with Crippen molar-refractivity contribution in [2.24, 2.45) is 0 Å². The van der Waals surface area contributed by atoms with E-state index in [0.717, 1.165) is 5.69 Å². The molecule has 13 heavy (non-hydrogen) atoms. The van der Waals surface area contributed by atoms with Gasteiger partial charge in [0.05, 0.1) is 11.9 Å². The predicted octanol–water partition coefficient (Wildman–Crippen LogP) is 1.16. The number of thiocarbonyl (C=S) groups is 1. The Morgan fingerprint density at radius 2 is 2.31 bits per heavy atom. The summed E-state index contributed by atoms with van der Waals surface area (Å²) in [6.45, 7) is 0. The van der Waals surface area contributed by atoms with E-state index in [4.69, 9.17) is 23.8 Å². The number of rotatable bonds is 2. The molecule has 0 aliphatic heterocycles. The smallest absolute Gasteiger partial charge is 0.184 e. The molecule has 0 spiro atoms. The number of aromatic nitrogens is 1. The van der Waals surface area contributed by atoms with Gasteiger partial charge in [0.15, 0.2) is 5.11 Å². The zero-order valence-corrected chi connectivity index (χ0v) is 8.54. The van der Waals surface area contributed by atoms with Crippen LogP contribution in [0.3, 0.4) is 0 Å². The first kappa shape index (κ1) is 10.0. The Labute approximate surface area is 86.7 Å². The number of nitrogens with zero attached hydrogens (tertiary/aromatic N) is 1. The normalized spacial score (nSPS) is 9.08. The molecule has 1 rings (SSSR count). The summed E-state index contributed by atoms with van der Waals surface area (Å²) in [6, 6.07) is 3.48. The second-order valence-corrected chi connectivity index (χ2v) is 2.99. The van der Waals surface area contributed by atoms with Crippen LogP contribution in [-0.4, -0.2) is 17.1 Å². The minimum absolute atomic E-state index is 0.460. The fourth-order valence-electron chi connectivity index (χ4n) is 0.641. The lowest BCUT2D eigenvalue weighted by atomic mass is 10.4. The van der Waals surface area contributed by atoms with Crippen LogP contribution >= 0.6 is 23.8 Å². The maximum absolute atomic E-state index is 5.60. The van der Waals surface area contributed by atoms with Crippen molar-refractivity contribution in [2.75, 3.05) is 12.5 Å². The van der Waals surface area contributed by atoms with Crippen molar-refractivity contribution in [3.8, 4) is 0 Å². The summed E-state index contributed by atoms with van der Waals surface area (Å²) in [4.78, 5) is 3.88. The molecule has 0 radical (unpaired) electrons. The Balaban J connectivity index is 2.46. The summed E-state index contributed by atoms with van der Waals surface area (Å²) in [7, 11) is 1.73. The standard InChI is InChI=1S/C7H9ClN4S/c1-9-7(13)12-11-5-2-3-6(8)10-4-5/h2-4,11H,1H3,(H2,9,12,13). The maximum Gasteiger partial charge on any atom is 0.184 e. The zero-order valence-electron chi connectivity index (χ0n) is 6.97. The SMILES string of the molecule is CNC(=S)NNc1ccc(Cl)nc1. The van der Waals surface area contributed by atoms with Gasteiger partial charge in [-0.25, -0.2) is 4.98 Å². The number of hydrazine groups is 1. The topological polar surface area (TPSA) is 49.0 Å². The van der Waals surface area contributed by atoms with E-state index in [1.165, 1.54) is 0 Å². The van der Waals surface area contributed by atoms with E-state index in [2.05, 4.69) is 21.2 Å². The average Bonchev–Trinajstić information content (AvgIpc) is 2.16. The number of hydrogen-bond acceptors (Lipinski definition) is 3. The molecule has 0 saturated heterocycles. The van der Waals surface area contributed by atoms with Gasteiger partial charge in [-0.2, -0.15) is 0 Å². The molecule has 0 aliphatic carbocycles. The van der Waals surface area contributed by atoms with Crippen molar-refractivity contribution in [3.05, 3.63) is 23.5 Å². The second-order valence-electron chi connectivity index (χ2n) is 2.20. The van der Waals surface area contributed by atoms with Crippen LogP contribution in [0.2, 0.25) is 5.15 Å². The van der Waals surface area contributed by atoms with Crippen molar-refractivity contribution in [1.29, 1.82) is 0 Å². The largest absolute Gasteiger partial charge is 0.364 e. The molecule has 0 aromatic carbocycles. The summed E-state index contributed by atoms with van der Waals surface area (Å²) < 4.78 is 0. The van der Waals surface area contributed by atoms with Crippen LogP contribution in [0.15, 0.2) is 18.3 Å². The summed E-state index contributed by atoms with van der Waals surface area (Å²) in [5, 5.41) is 3.73. The first-order chi connectivity index (χ1) is 6.22. The van der Waals surface area contributed by atoms with E-state index < -0.39 is 0 Å². The van der Waals surface area contributed by atoms with Gasteiger partial charge in [-0.1, -0.05) is 11.6 Å². The summed E-state index contributed by atoms with van der Waals surface area (Å²) in [6.07, 6.45) is 1.60. The lowest BCUT2D eigenvalue weighted by Crippen LogP contribution is -2.36. The number of halogens is 1. The second kappa shape index (κ2) is 4.84. The monoisotopic (exact) mass is 216 g/mol. The average molecular weight is 217 g/mol. The van der Waals surface area contributed by atoms with Crippen molar-refractivity contribution in [3.63, 3.8) is 0 Å². The summed E-state index contributed by atoms with van der Waals surface area (Å²) in [5.74, 6) is 0. The minimum atomic E-state index is 0.460. The highest BCUT2D eigenvalue weighted by atomic mass is 35.5. The molecule has 0 bridgehead atoms. The third-order valence-corrected chi connectivity index (χ3v) is 1.80. The molecule has 0 atom stereocenters. The van der Waals surface area contributed by atoms with Crippen LogP contribution in [0.5, 0.6) is 0 Å². The van der Waals surface area contributed by atoms with Gasteiger partial charge in [-0.15, -0.1) is 0 Å². The van der Waals surface area contributed by atoms with Gasteiger partial charge in [0.2, 0.25) is 0 Å². The summed E-state index contributed by atoms with van der Waals surface area (Å²) >= 11 is 10.5. The van der Waals surface area contributed by atoms with Crippen molar-refractivity contribution >= 4 is 34.6 Å². The van der Waals surface area contributed by atoms with Crippen LogP contribution in [0.25, 0.3) is 0 Å². The van der Waals surface area contributed by atoms with Gasteiger partial charge in [0.1, 0.15) is 5.15 Å². The third-order valence-electron chi connectivity index (χ3n) is 1.27. The van der Waals surface area contributed by atoms with Crippen LogP contribution in [0.4, 0.5) is 5.69 Å². The van der Waals surface area contributed by atoms with Crippen LogP contribution in [-0.2, 0) is 0 Å². The number of nitrogens with one attached hydrogen (secondary N) is 3. The molecule has 0 fully saturated rings. The van der Waals surface area contributed by atoms with Gasteiger partial charge in [-0.3, -0.25) is 10.9 Å². The summed E-state index contributed by atoms with van der Waals surface area (Å²) in [5.41, 5.74) is 6.40. The Morgan fingerprint density at radius 3 is 2.85 bits per heavy atom. The molecule has 0 aliphatic rings.